The summed E-state index contributed by atoms with van der Waals surface area (Å²) in [6, 6.07) is 4.76. The van der Waals surface area contributed by atoms with E-state index in [9.17, 15) is 22.8 Å². The third-order valence-electron chi connectivity index (χ3n) is 4.93. The van der Waals surface area contributed by atoms with E-state index in [-0.39, 0.29) is 22.2 Å². The van der Waals surface area contributed by atoms with Crippen molar-refractivity contribution in [2.24, 2.45) is 0 Å². The number of carbonyl (C=O) groups excluding carboxylic acids is 1. The molecule has 1 aliphatic carbocycles. The van der Waals surface area contributed by atoms with Gasteiger partial charge in [-0.2, -0.15) is 18.3 Å². The lowest BCUT2D eigenvalue weighted by atomic mass is 10.1. The van der Waals surface area contributed by atoms with Crippen LogP contribution in [0.15, 0.2) is 29.2 Å². The molecule has 0 saturated heterocycles. The number of rotatable bonds is 5. The van der Waals surface area contributed by atoms with Crippen molar-refractivity contribution in [3.05, 3.63) is 56.1 Å². The number of alkyl halides is 3. The number of hydrogen-bond donors (Lipinski definition) is 3. The molecule has 3 N–H and O–H groups in total. The molecule has 3 aromatic rings. The van der Waals surface area contributed by atoms with Gasteiger partial charge in [0, 0.05) is 11.1 Å². The van der Waals surface area contributed by atoms with E-state index in [4.69, 9.17) is 28.3 Å². The lowest BCUT2D eigenvalue weighted by Gasteiger charge is -2.14. The molecule has 0 bridgehead atoms. The maximum atomic E-state index is 12.8. The summed E-state index contributed by atoms with van der Waals surface area (Å²) in [5, 5.41) is 15.9. The van der Waals surface area contributed by atoms with E-state index in [1.165, 1.54) is 10.7 Å². The Kier molecular flexibility index (Phi) is 5.48. The molecule has 1 saturated carbocycles. The van der Waals surface area contributed by atoms with Crippen LogP contribution in [-0.4, -0.2) is 44.4 Å². The molecule has 12 heteroatoms. The van der Waals surface area contributed by atoms with Gasteiger partial charge in [0.1, 0.15) is 5.52 Å². The molecule has 31 heavy (non-hydrogen) atoms. The van der Waals surface area contributed by atoms with Gasteiger partial charge in [-0.15, -0.1) is 0 Å². The molecule has 1 amide bonds. The average molecular weight is 475 g/mol. The van der Waals surface area contributed by atoms with Crippen molar-refractivity contribution in [2.45, 2.75) is 31.0 Å². The van der Waals surface area contributed by atoms with Crippen LogP contribution in [0.1, 0.15) is 34.8 Å². The van der Waals surface area contributed by atoms with Gasteiger partial charge in [-0.3, -0.25) is 9.59 Å². The highest BCUT2D eigenvalue weighted by Crippen LogP contribution is 2.43. The number of hydrogen-bond acceptors (Lipinski definition) is 4. The summed E-state index contributed by atoms with van der Waals surface area (Å²) in [4.78, 5) is 28.1. The number of nitrogens with zero attached hydrogens (tertiary/aromatic N) is 2. The second kappa shape index (κ2) is 7.85. The zero-order chi connectivity index (χ0) is 22.5. The second-order valence-corrected chi connectivity index (χ2v) is 8.04. The minimum atomic E-state index is -4.86. The number of aliphatic hydroxyl groups excluding tert-OH is 1. The molecule has 7 nitrogen and oxygen atoms in total. The second-order valence-electron chi connectivity index (χ2n) is 7.22. The summed E-state index contributed by atoms with van der Waals surface area (Å²) in [5.41, 5.74) is 0.784. The van der Waals surface area contributed by atoms with Crippen LogP contribution in [0.4, 0.5) is 13.2 Å². The fourth-order valence-electron chi connectivity index (χ4n) is 3.23. The van der Waals surface area contributed by atoms with Crippen molar-refractivity contribution < 1.29 is 23.1 Å². The molecular formula is C19H15Cl2F3N4O3. The van der Waals surface area contributed by atoms with E-state index in [1.54, 1.807) is 18.2 Å². The van der Waals surface area contributed by atoms with E-state index < -0.39 is 30.3 Å². The average Bonchev–Trinajstić information content (AvgIpc) is 3.46. The van der Waals surface area contributed by atoms with Crippen molar-refractivity contribution in [1.29, 1.82) is 0 Å². The Morgan fingerprint density at radius 2 is 2.03 bits per heavy atom. The highest BCUT2D eigenvalue weighted by atomic mass is 35.5. The Morgan fingerprint density at radius 1 is 1.32 bits per heavy atom. The topological polar surface area (TPSA) is 99.5 Å². The van der Waals surface area contributed by atoms with Crippen LogP contribution < -0.4 is 10.9 Å². The number of aromatic nitrogens is 3. The largest absolute Gasteiger partial charge is 0.416 e. The van der Waals surface area contributed by atoms with Crippen molar-refractivity contribution in [2.75, 3.05) is 6.54 Å². The van der Waals surface area contributed by atoms with Crippen molar-refractivity contribution in [3.63, 3.8) is 0 Å². The molecule has 2 heterocycles. The Morgan fingerprint density at radius 3 is 2.65 bits per heavy atom. The normalized spacial score (nSPS) is 15.3. The van der Waals surface area contributed by atoms with E-state index in [0.717, 1.165) is 12.8 Å². The number of aromatic amines is 1. The maximum absolute atomic E-state index is 12.8. The number of halogens is 5. The molecule has 2 aromatic heterocycles. The smallest absolute Gasteiger partial charge is 0.382 e. The molecule has 0 spiro atoms. The first-order valence-electron chi connectivity index (χ1n) is 9.20. The van der Waals surface area contributed by atoms with Crippen LogP contribution in [0.25, 0.3) is 16.8 Å². The predicted octanol–water partition coefficient (Wildman–Crippen LogP) is 3.53. The van der Waals surface area contributed by atoms with Gasteiger partial charge < -0.3 is 15.4 Å². The fraction of sp³-hybridized carbons (Fsp3) is 0.316. The number of carbonyl (C=O) groups is 1. The first-order chi connectivity index (χ1) is 14.6. The number of amides is 1. The molecule has 1 atom stereocenters. The Labute approximate surface area is 182 Å². The molecular weight excluding hydrogens is 460 g/mol. The molecule has 4 rings (SSSR count). The number of H-pyrrole nitrogens is 1. The van der Waals surface area contributed by atoms with E-state index in [1.807, 2.05) is 5.32 Å². The van der Waals surface area contributed by atoms with Gasteiger partial charge in [-0.25, -0.2) is 4.52 Å². The molecule has 1 unspecified atom stereocenters. The standard InChI is InChI=1S/C19H15Cl2F3N4O3/c20-10-4-3-9(5-11(10)21)12-7-28-16(18(31)26-12)14(8-1-2-8)15(27-28)17(30)25-6-13(29)19(22,23)24/h3-5,7-8,13,29H,1-2,6H2,(H,25,30)(H,26,31). The molecule has 1 aromatic carbocycles. The summed E-state index contributed by atoms with van der Waals surface area (Å²) in [5.74, 6) is -0.993. The van der Waals surface area contributed by atoms with Crippen molar-refractivity contribution in [1.82, 2.24) is 19.9 Å². The minimum absolute atomic E-state index is 0.0947. The lowest BCUT2D eigenvalue weighted by molar-refractivity contribution is -0.201. The van der Waals surface area contributed by atoms with Crippen LogP contribution in [0.2, 0.25) is 10.0 Å². The lowest BCUT2D eigenvalue weighted by Crippen LogP contribution is -2.41. The number of aliphatic hydroxyl groups is 1. The van der Waals surface area contributed by atoms with Gasteiger partial charge in [-0.1, -0.05) is 29.3 Å². The van der Waals surface area contributed by atoms with Crippen LogP contribution >= 0.6 is 23.2 Å². The summed E-state index contributed by atoms with van der Waals surface area (Å²) >= 11 is 12.0. The van der Waals surface area contributed by atoms with E-state index in [2.05, 4.69) is 10.1 Å². The number of nitrogens with one attached hydrogen (secondary N) is 2. The maximum Gasteiger partial charge on any atom is 0.416 e. The van der Waals surface area contributed by atoms with Crippen LogP contribution in [-0.2, 0) is 0 Å². The third kappa shape index (κ3) is 4.28. The first kappa shape index (κ1) is 21.7. The monoisotopic (exact) mass is 474 g/mol. The third-order valence-corrected chi connectivity index (χ3v) is 5.67. The van der Waals surface area contributed by atoms with Crippen LogP contribution in [0, 0.1) is 0 Å². The Hall–Kier alpha value is -2.56. The highest BCUT2D eigenvalue weighted by Gasteiger charge is 2.39. The highest BCUT2D eigenvalue weighted by molar-refractivity contribution is 6.42. The first-order valence-corrected chi connectivity index (χ1v) is 9.96. The zero-order valence-electron chi connectivity index (χ0n) is 15.6. The SMILES string of the molecule is O=C(NCC(O)C(F)(F)F)c1nn2cc(-c3ccc(Cl)c(Cl)c3)[nH]c(=O)c2c1C1CC1. The Bertz CT molecular complexity index is 1230. The minimum Gasteiger partial charge on any atom is -0.382 e. The molecule has 0 aliphatic heterocycles. The van der Waals surface area contributed by atoms with Gasteiger partial charge in [-0.05, 0) is 30.9 Å². The molecule has 0 radical (unpaired) electrons. The fourth-order valence-corrected chi connectivity index (χ4v) is 3.53. The van der Waals surface area contributed by atoms with Crippen molar-refractivity contribution in [3.8, 4) is 11.3 Å². The summed E-state index contributed by atoms with van der Waals surface area (Å²) in [6.07, 6.45) is -4.63. The number of fused-ring (bicyclic) bond motifs is 1. The van der Waals surface area contributed by atoms with Gasteiger partial charge in [0.15, 0.2) is 11.8 Å². The zero-order valence-corrected chi connectivity index (χ0v) is 17.1. The van der Waals surface area contributed by atoms with Gasteiger partial charge >= 0.3 is 6.18 Å². The summed E-state index contributed by atoms with van der Waals surface area (Å²) in [6.45, 7) is -1.02. The number of benzene rings is 1. The van der Waals surface area contributed by atoms with Gasteiger partial charge in [0.25, 0.3) is 11.5 Å². The van der Waals surface area contributed by atoms with E-state index >= 15 is 0 Å². The van der Waals surface area contributed by atoms with Crippen LogP contribution in [0.5, 0.6) is 0 Å². The predicted molar refractivity (Wildman–Crippen MR) is 108 cm³/mol. The molecule has 164 valence electrons. The van der Waals surface area contributed by atoms with Crippen molar-refractivity contribution >= 4 is 34.6 Å². The van der Waals surface area contributed by atoms with E-state index in [0.29, 0.717) is 21.8 Å². The quantitative estimate of drug-likeness (QED) is 0.526. The van der Waals surface area contributed by atoms with Crippen LogP contribution in [0.3, 0.4) is 0 Å². The molecule has 1 aliphatic rings. The summed E-state index contributed by atoms with van der Waals surface area (Å²) < 4.78 is 38.8. The molecule has 1 fully saturated rings. The Balaban J connectivity index is 1.74. The van der Waals surface area contributed by atoms with Gasteiger partial charge in [0.05, 0.1) is 28.5 Å². The van der Waals surface area contributed by atoms with Gasteiger partial charge in [0.2, 0.25) is 0 Å². The summed E-state index contributed by atoms with van der Waals surface area (Å²) in [7, 11) is 0.